The maximum Gasteiger partial charge on any atom is 0.122 e. The summed E-state index contributed by atoms with van der Waals surface area (Å²) in [5.41, 5.74) is 1.32. The zero-order valence-electron chi connectivity index (χ0n) is 12.0. The Balaban J connectivity index is 1.69. The molecule has 1 aromatic carbocycles. The van der Waals surface area contributed by atoms with Crippen molar-refractivity contribution in [3.05, 3.63) is 29.8 Å². The van der Waals surface area contributed by atoms with Crippen LogP contribution in [0.5, 0.6) is 5.75 Å². The van der Waals surface area contributed by atoms with Crippen molar-refractivity contribution in [2.45, 2.75) is 31.5 Å². The molecule has 0 aliphatic carbocycles. The van der Waals surface area contributed by atoms with Crippen molar-refractivity contribution in [1.29, 1.82) is 0 Å². The summed E-state index contributed by atoms with van der Waals surface area (Å²) < 4.78 is 11.4. The van der Waals surface area contributed by atoms with Gasteiger partial charge in [-0.2, -0.15) is 0 Å². The first kappa shape index (κ1) is 13.9. The molecule has 0 spiro atoms. The van der Waals surface area contributed by atoms with Crippen molar-refractivity contribution in [3.8, 4) is 5.75 Å². The second-order valence-corrected chi connectivity index (χ2v) is 5.84. The van der Waals surface area contributed by atoms with Gasteiger partial charge in [0.05, 0.1) is 25.4 Å². The molecule has 4 heteroatoms. The largest absolute Gasteiger partial charge is 0.493 e. The van der Waals surface area contributed by atoms with Crippen molar-refractivity contribution in [1.82, 2.24) is 4.90 Å². The molecule has 2 aliphatic heterocycles. The lowest BCUT2D eigenvalue weighted by molar-refractivity contribution is -0.0965. The van der Waals surface area contributed by atoms with Gasteiger partial charge in [0.1, 0.15) is 5.75 Å². The van der Waals surface area contributed by atoms with Gasteiger partial charge in [0.15, 0.2) is 0 Å². The molecule has 110 valence electrons. The number of aliphatic hydroxyl groups is 1. The standard InChI is InChI=1S/C16H23NO3/c1-12-8-17(10-14(11-18)20-12)9-13-6-7-19-16-5-3-2-4-15(13)16/h2-5,12-14,18H,6-11H2,1H3. The topological polar surface area (TPSA) is 41.9 Å². The molecule has 0 aromatic heterocycles. The second-order valence-electron chi connectivity index (χ2n) is 5.84. The summed E-state index contributed by atoms with van der Waals surface area (Å²) in [6.07, 6.45) is 1.21. The van der Waals surface area contributed by atoms with Gasteiger partial charge in [-0.3, -0.25) is 4.90 Å². The molecular formula is C16H23NO3. The third-order valence-corrected chi connectivity index (χ3v) is 4.17. The minimum Gasteiger partial charge on any atom is -0.493 e. The molecule has 0 saturated carbocycles. The fraction of sp³-hybridized carbons (Fsp3) is 0.625. The first-order chi connectivity index (χ1) is 9.76. The highest BCUT2D eigenvalue weighted by Crippen LogP contribution is 2.34. The highest BCUT2D eigenvalue weighted by Gasteiger charge is 2.29. The monoisotopic (exact) mass is 277 g/mol. The van der Waals surface area contributed by atoms with Gasteiger partial charge in [-0.05, 0) is 25.0 Å². The van der Waals surface area contributed by atoms with Crippen LogP contribution < -0.4 is 4.74 Å². The Morgan fingerprint density at radius 2 is 2.15 bits per heavy atom. The lowest BCUT2D eigenvalue weighted by Gasteiger charge is -2.38. The lowest BCUT2D eigenvalue weighted by atomic mass is 9.92. The summed E-state index contributed by atoms with van der Waals surface area (Å²) in [5, 5.41) is 9.32. The van der Waals surface area contributed by atoms with E-state index in [0.717, 1.165) is 38.4 Å². The van der Waals surface area contributed by atoms with E-state index in [-0.39, 0.29) is 18.8 Å². The molecule has 3 rings (SSSR count). The molecule has 0 radical (unpaired) electrons. The highest BCUT2D eigenvalue weighted by atomic mass is 16.5. The van der Waals surface area contributed by atoms with Crippen molar-refractivity contribution in [3.63, 3.8) is 0 Å². The first-order valence-corrected chi connectivity index (χ1v) is 7.46. The predicted molar refractivity (Wildman–Crippen MR) is 77.2 cm³/mol. The maximum atomic E-state index is 9.32. The van der Waals surface area contributed by atoms with E-state index in [2.05, 4.69) is 30.0 Å². The fourth-order valence-corrected chi connectivity index (χ4v) is 3.31. The Morgan fingerprint density at radius 1 is 1.30 bits per heavy atom. The zero-order valence-corrected chi connectivity index (χ0v) is 12.0. The molecule has 20 heavy (non-hydrogen) atoms. The molecule has 1 saturated heterocycles. The van der Waals surface area contributed by atoms with Gasteiger partial charge in [0.25, 0.3) is 0 Å². The fourth-order valence-electron chi connectivity index (χ4n) is 3.31. The van der Waals surface area contributed by atoms with Gasteiger partial charge in [0.2, 0.25) is 0 Å². The summed E-state index contributed by atoms with van der Waals surface area (Å²) in [5.74, 6) is 1.55. The van der Waals surface area contributed by atoms with Gasteiger partial charge in [0, 0.05) is 25.6 Å². The number of hydrogen-bond acceptors (Lipinski definition) is 4. The number of nitrogens with zero attached hydrogens (tertiary/aromatic N) is 1. The lowest BCUT2D eigenvalue weighted by Crippen LogP contribution is -2.49. The Labute approximate surface area is 120 Å². The third-order valence-electron chi connectivity index (χ3n) is 4.17. The third kappa shape index (κ3) is 2.97. The van der Waals surface area contributed by atoms with E-state index in [4.69, 9.17) is 9.47 Å². The van der Waals surface area contributed by atoms with Crippen LogP contribution in [0, 0.1) is 0 Å². The van der Waals surface area contributed by atoms with Gasteiger partial charge >= 0.3 is 0 Å². The molecule has 0 amide bonds. The highest BCUT2D eigenvalue weighted by molar-refractivity contribution is 5.37. The SMILES string of the molecule is CC1CN(CC2CCOc3ccccc32)CC(CO)O1. The average molecular weight is 277 g/mol. The van der Waals surface area contributed by atoms with Crippen molar-refractivity contribution in [2.75, 3.05) is 32.8 Å². The zero-order chi connectivity index (χ0) is 13.9. The van der Waals surface area contributed by atoms with Crippen LogP contribution in [0.25, 0.3) is 0 Å². The quantitative estimate of drug-likeness (QED) is 0.912. The Kier molecular flexibility index (Phi) is 4.24. The Hall–Kier alpha value is -1.10. The summed E-state index contributed by atoms with van der Waals surface area (Å²) in [6, 6.07) is 8.34. The molecular weight excluding hydrogens is 254 g/mol. The van der Waals surface area contributed by atoms with Crippen molar-refractivity contribution >= 4 is 0 Å². The van der Waals surface area contributed by atoms with Crippen LogP contribution in [0.15, 0.2) is 24.3 Å². The summed E-state index contributed by atoms with van der Waals surface area (Å²) in [4.78, 5) is 2.42. The molecule has 3 unspecified atom stereocenters. The molecule has 3 atom stereocenters. The Morgan fingerprint density at radius 3 is 3.00 bits per heavy atom. The van der Waals surface area contributed by atoms with Gasteiger partial charge in [-0.15, -0.1) is 0 Å². The number of hydrogen-bond donors (Lipinski definition) is 1. The molecule has 4 nitrogen and oxygen atoms in total. The predicted octanol–water partition coefficient (Wildman–Crippen LogP) is 1.63. The maximum absolute atomic E-state index is 9.32. The van der Waals surface area contributed by atoms with Crippen LogP contribution >= 0.6 is 0 Å². The summed E-state index contributed by atoms with van der Waals surface area (Å²) in [7, 11) is 0. The van der Waals surface area contributed by atoms with Gasteiger partial charge in [-0.25, -0.2) is 0 Å². The van der Waals surface area contributed by atoms with Crippen LogP contribution in [0.2, 0.25) is 0 Å². The molecule has 1 aromatic rings. The summed E-state index contributed by atoms with van der Waals surface area (Å²) >= 11 is 0. The number of benzene rings is 1. The minimum absolute atomic E-state index is 0.0474. The molecule has 2 aliphatic rings. The van der Waals surface area contributed by atoms with Crippen molar-refractivity contribution in [2.24, 2.45) is 0 Å². The van der Waals surface area contributed by atoms with E-state index in [9.17, 15) is 5.11 Å². The number of morpholine rings is 1. The number of aliphatic hydroxyl groups excluding tert-OH is 1. The molecule has 1 N–H and O–H groups in total. The number of para-hydroxylation sites is 1. The van der Waals surface area contributed by atoms with Gasteiger partial charge in [-0.1, -0.05) is 18.2 Å². The smallest absolute Gasteiger partial charge is 0.122 e. The molecule has 0 bridgehead atoms. The number of ether oxygens (including phenoxy) is 2. The number of rotatable bonds is 3. The van der Waals surface area contributed by atoms with E-state index >= 15 is 0 Å². The van der Waals surface area contributed by atoms with Gasteiger partial charge < -0.3 is 14.6 Å². The molecule has 1 fully saturated rings. The first-order valence-electron chi connectivity index (χ1n) is 7.46. The van der Waals surface area contributed by atoms with E-state index in [1.165, 1.54) is 5.56 Å². The van der Waals surface area contributed by atoms with E-state index in [1.54, 1.807) is 0 Å². The van der Waals surface area contributed by atoms with E-state index in [1.807, 2.05) is 6.07 Å². The molecule has 2 heterocycles. The average Bonchev–Trinajstić information content (AvgIpc) is 2.47. The Bertz CT molecular complexity index is 451. The number of fused-ring (bicyclic) bond motifs is 1. The van der Waals surface area contributed by atoms with Crippen LogP contribution in [0.4, 0.5) is 0 Å². The van der Waals surface area contributed by atoms with Crippen LogP contribution in [0.3, 0.4) is 0 Å². The summed E-state index contributed by atoms with van der Waals surface area (Å²) in [6.45, 7) is 5.75. The van der Waals surface area contributed by atoms with Crippen LogP contribution in [0.1, 0.15) is 24.8 Å². The van der Waals surface area contributed by atoms with Crippen LogP contribution in [-0.2, 0) is 4.74 Å². The van der Waals surface area contributed by atoms with E-state index in [0.29, 0.717) is 5.92 Å². The second kappa shape index (κ2) is 6.12. The minimum atomic E-state index is -0.0474. The van der Waals surface area contributed by atoms with E-state index < -0.39 is 0 Å². The van der Waals surface area contributed by atoms with Crippen molar-refractivity contribution < 1.29 is 14.6 Å². The van der Waals surface area contributed by atoms with Crippen LogP contribution in [-0.4, -0.2) is 55.1 Å². The normalized spacial score (nSPS) is 30.6.